The van der Waals surface area contributed by atoms with E-state index in [9.17, 15) is 18.4 Å². The first-order chi connectivity index (χ1) is 13.3. The molecular formula is C20H18F2N2O3S. The number of aryl methyl sites for hydroxylation is 1. The van der Waals surface area contributed by atoms with Crippen molar-refractivity contribution >= 4 is 27.5 Å². The minimum atomic E-state index is -0.895. The van der Waals surface area contributed by atoms with Gasteiger partial charge in [0.25, 0.3) is 5.56 Å². The number of carbonyl (C=O) groups is 1. The first-order valence-corrected chi connectivity index (χ1v) is 9.85. The molecule has 146 valence electrons. The predicted octanol–water partition coefficient (Wildman–Crippen LogP) is 4.31. The van der Waals surface area contributed by atoms with Crippen molar-refractivity contribution in [3.63, 3.8) is 0 Å². The molecule has 5 nitrogen and oxygen atoms in total. The molecule has 0 spiro atoms. The molecule has 0 unspecified atom stereocenters. The van der Waals surface area contributed by atoms with Crippen LogP contribution >= 0.6 is 11.3 Å². The molecule has 1 N–H and O–H groups in total. The van der Waals surface area contributed by atoms with Crippen LogP contribution in [0.25, 0.3) is 10.2 Å². The van der Waals surface area contributed by atoms with E-state index in [0.717, 1.165) is 37.0 Å². The highest BCUT2D eigenvalue weighted by molar-refractivity contribution is 7.18. The molecule has 0 aliphatic heterocycles. The SMILES string of the molecule is C[C@@H]1CCc2c(sc3nc([C@@H](C)OC(=O)c4cc(F)cc(F)c4)[nH]c(=O)c23)C1. The molecular weight excluding hydrogens is 386 g/mol. The summed E-state index contributed by atoms with van der Waals surface area (Å²) in [6.45, 7) is 3.74. The molecule has 0 amide bonds. The van der Waals surface area contributed by atoms with Gasteiger partial charge in [0.1, 0.15) is 16.5 Å². The molecule has 2 heterocycles. The summed E-state index contributed by atoms with van der Waals surface area (Å²) >= 11 is 1.50. The average Bonchev–Trinajstić information content (AvgIpc) is 2.98. The summed E-state index contributed by atoms with van der Waals surface area (Å²) in [5.41, 5.74) is 0.568. The Kier molecular flexibility index (Phi) is 4.74. The van der Waals surface area contributed by atoms with Gasteiger partial charge in [0, 0.05) is 10.9 Å². The number of hydrogen-bond acceptors (Lipinski definition) is 5. The van der Waals surface area contributed by atoms with E-state index >= 15 is 0 Å². The van der Waals surface area contributed by atoms with Gasteiger partial charge in [0.2, 0.25) is 0 Å². The molecule has 0 radical (unpaired) electrons. The number of fused-ring (bicyclic) bond motifs is 3. The Balaban J connectivity index is 1.63. The van der Waals surface area contributed by atoms with Crippen LogP contribution in [0.15, 0.2) is 23.0 Å². The van der Waals surface area contributed by atoms with E-state index in [2.05, 4.69) is 16.9 Å². The summed E-state index contributed by atoms with van der Waals surface area (Å²) in [5, 5.41) is 0.612. The van der Waals surface area contributed by atoms with Crippen LogP contribution in [0.2, 0.25) is 0 Å². The Hall–Kier alpha value is -2.61. The van der Waals surface area contributed by atoms with Crippen molar-refractivity contribution in [2.45, 2.75) is 39.2 Å². The molecule has 2 aromatic heterocycles. The molecule has 0 saturated carbocycles. The number of ether oxygens (including phenoxy) is 1. The first-order valence-electron chi connectivity index (χ1n) is 9.03. The third-order valence-corrected chi connectivity index (χ3v) is 6.10. The van der Waals surface area contributed by atoms with Crippen molar-refractivity contribution in [3.8, 4) is 0 Å². The largest absolute Gasteiger partial charge is 0.451 e. The van der Waals surface area contributed by atoms with Crippen LogP contribution in [0.4, 0.5) is 8.78 Å². The van der Waals surface area contributed by atoms with Crippen LogP contribution < -0.4 is 5.56 Å². The van der Waals surface area contributed by atoms with E-state index in [1.807, 2.05) is 0 Å². The third kappa shape index (κ3) is 3.44. The maximum atomic E-state index is 13.3. The van der Waals surface area contributed by atoms with E-state index in [1.54, 1.807) is 6.92 Å². The molecule has 4 rings (SSSR count). The molecule has 1 aliphatic rings. The van der Waals surface area contributed by atoms with Gasteiger partial charge in [-0.25, -0.2) is 18.6 Å². The predicted molar refractivity (Wildman–Crippen MR) is 102 cm³/mol. The van der Waals surface area contributed by atoms with Gasteiger partial charge in [0.15, 0.2) is 11.9 Å². The highest BCUT2D eigenvalue weighted by atomic mass is 32.1. The minimum absolute atomic E-state index is 0.203. The number of nitrogens with zero attached hydrogens (tertiary/aromatic N) is 1. The average molecular weight is 404 g/mol. The van der Waals surface area contributed by atoms with Crippen LogP contribution in [0.3, 0.4) is 0 Å². The molecule has 3 aromatic rings. The van der Waals surface area contributed by atoms with Gasteiger partial charge < -0.3 is 9.72 Å². The van der Waals surface area contributed by atoms with Crippen molar-refractivity contribution < 1.29 is 18.3 Å². The quantitative estimate of drug-likeness (QED) is 0.661. The Morgan fingerprint density at radius 1 is 1.32 bits per heavy atom. The van der Waals surface area contributed by atoms with Gasteiger partial charge in [0.05, 0.1) is 10.9 Å². The van der Waals surface area contributed by atoms with Gasteiger partial charge >= 0.3 is 5.97 Å². The Labute approximate surface area is 163 Å². The third-order valence-electron chi connectivity index (χ3n) is 4.95. The highest BCUT2D eigenvalue weighted by Crippen LogP contribution is 2.36. The fourth-order valence-corrected chi connectivity index (χ4v) is 4.90. The molecule has 0 fully saturated rings. The second-order valence-electron chi connectivity index (χ2n) is 7.19. The lowest BCUT2D eigenvalue weighted by Crippen LogP contribution is -2.18. The Morgan fingerprint density at radius 2 is 2.04 bits per heavy atom. The zero-order valence-electron chi connectivity index (χ0n) is 15.3. The molecule has 2 atom stereocenters. The van der Waals surface area contributed by atoms with E-state index < -0.39 is 23.7 Å². The number of rotatable bonds is 3. The lowest BCUT2D eigenvalue weighted by molar-refractivity contribution is 0.0319. The monoisotopic (exact) mass is 404 g/mol. The Morgan fingerprint density at radius 3 is 2.75 bits per heavy atom. The number of aromatic nitrogens is 2. The number of benzene rings is 1. The lowest BCUT2D eigenvalue weighted by Gasteiger charge is -2.17. The van der Waals surface area contributed by atoms with Gasteiger partial charge in [-0.05, 0) is 49.8 Å². The van der Waals surface area contributed by atoms with Crippen LogP contribution in [-0.4, -0.2) is 15.9 Å². The zero-order chi connectivity index (χ0) is 20.0. The molecule has 0 saturated heterocycles. The van der Waals surface area contributed by atoms with Gasteiger partial charge in [-0.15, -0.1) is 11.3 Å². The zero-order valence-corrected chi connectivity index (χ0v) is 16.2. The lowest BCUT2D eigenvalue weighted by atomic mass is 9.89. The van der Waals surface area contributed by atoms with Crippen molar-refractivity contribution in [3.05, 3.63) is 62.0 Å². The number of carbonyl (C=O) groups excluding carboxylic acids is 1. The van der Waals surface area contributed by atoms with Crippen LogP contribution in [0.1, 0.15) is 53.0 Å². The van der Waals surface area contributed by atoms with Crippen LogP contribution in [-0.2, 0) is 17.6 Å². The van der Waals surface area contributed by atoms with Gasteiger partial charge in [-0.3, -0.25) is 4.79 Å². The van der Waals surface area contributed by atoms with Crippen molar-refractivity contribution in [2.75, 3.05) is 0 Å². The maximum absolute atomic E-state index is 13.3. The topological polar surface area (TPSA) is 72.0 Å². The summed E-state index contributed by atoms with van der Waals surface area (Å²) in [6, 6.07) is 2.46. The maximum Gasteiger partial charge on any atom is 0.339 e. The molecule has 1 aliphatic carbocycles. The van der Waals surface area contributed by atoms with Gasteiger partial charge in [-0.2, -0.15) is 0 Å². The number of H-pyrrole nitrogens is 1. The summed E-state index contributed by atoms with van der Waals surface area (Å²) in [7, 11) is 0. The fourth-order valence-electron chi connectivity index (χ4n) is 3.51. The highest BCUT2D eigenvalue weighted by Gasteiger charge is 2.24. The second-order valence-corrected chi connectivity index (χ2v) is 8.27. The second kappa shape index (κ2) is 7.09. The summed E-state index contributed by atoms with van der Waals surface area (Å²) in [5.74, 6) is -1.86. The summed E-state index contributed by atoms with van der Waals surface area (Å²) < 4.78 is 31.9. The fraction of sp³-hybridized carbons (Fsp3) is 0.350. The smallest absolute Gasteiger partial charge is 0.339 e. The number of nitrogens with one attached hydrogen (secondary N) is 1. The number of thiophene rings is 1. The van der Waals surface area contributed by atoms with Crippen molar-refractivity contribution in [2.24, 2.45) is 5.92 Å². The Bertz CT molecular complexity index is 1120. The molecule has 28 heavy (non-hydrogen) atoms. The van der Waals surface area contributed by atoms with E-state index in [0.29, 0.717) is 22.2 Å². The molecule has 0 bridgehead atoms. The minimum Gasteiger partial charge on any atom is -0.451 e. The summed E-state index contributed by atoms with van der Waals surface area (Å²) in [4.78, 5) is 33.8. The summed E-state index contributed by atoms with van der Waals surface area (Å²) in [6.07, 6.45) is 1.95. The van der Waals surface area contributed by atoms with E-state index in [-0.39, 0.29) is 16.9 Å². The number of aromatic amines is 1. The molecule has 8 heteroatoms. The number of hydrogen-bond donors (Lipinski definition) is 1. The first kappa shape index (κ1) is 18.7. The number of esters is 1. The van der Waals surface area contributed by atoms with E-state index in [4.69, 9.17) is 4.74 Å². The normalized spacial score (nSPS) is 17.4. The van der Waals surface area contributed by atoms with Gasteiger partial charge in [-0.1, -0.05) is 6.92 Å². The molecule has 1 aromatic carbocycles. The van der Waals surface area contributed by atoms with E-state index in [1.165, 1.54) is 16.2 Å². The van der Waals surface area contributed by atoms with Crippen molar-refractivity contribution in [1.29, 1.82) is 0 Å². The number of halogens is 2. The van der Waals surface area contributed by atoms with Crippen molar-refractivity contribution in [1.82, 2.24) is 9.97 Å². The standard InChI is InChI=1S/C20H18F2N2O3S/c1-9-3-4-14-15(5-9)28-19-16(14)18(25)23-17(24-19)10(2)27-20(26)11-6-12(21)8-13(22)7-11/h6-10H,3-5H2,1-2H3,(H,23,24,25)/t9-,10-/m1/s1. The van der Waals surface area contributed by atoms with Crippen LogP contribution in [0, 0.1) is 17.6 Å². The van der Waals surface area contributed by atoms with Crippen LogP contribution in [0.5, 0.6) is 0 Å².